The molecule has 196 valence electrons. The molecule has 0 spiro atoms. The Hall–Kier alpha value is -4.99. The number of thiazole rings is 1. The van der Waals surface area contributed by atoms with Crippen molar-refractivity contribution in [3.05, 3.63) is 144 Å². The third kappa shape index (κ3) is 3.06. The number of allylic oxidation sites excluding steroid dienone is 4. The van der Waals surface area contributed by atoms with Gasteiger partial charge >= 0.3 is 0 Å². The van der Waals surface area contributed by atoms with E-state index in [1.54, 1.807) is 11.3 Å². The molecule has 2 aliphatic carbocycles. The van der Waals surface area contributed by atoms with Crippen LogP contribution in [0.2, 0.25) is 0 Å². The summed E-state index contributed by atoms with van der Waals surface area (Å²) in [7, 11) is 0. The minimum atomic E-state index is 0.318. The molecule has 2 unspecified atom stereocenters. The van der Waals surface area contributed by atoms with Crippen LogP contribution in [0.5, 0.6) is 0 Å². The lowest BCUT2D eigenvalue weighted by Crippen LogP contribution is -2.04. The van der Waals surface area contributed by atoms with E-state index in [9.17, 15) is 0 Å². The van der Waals surface area contributed by atoms with Gasteiger partial charge in [-0.1, -0.05) is 109 Å². The minimum Gasteiger partial charge on any atom is -0.456 e. The molecule has 0 radical (unpaired) electrons. The first-order valence-electron chi connectivity index (χ1n) is 14.5. The molecular formula is C39H23NOS. The van der Waals surface area contributed by atoms with E-state index in [1.165, 1.54) is 59.3 Å². The summed E-state index contributed by atoms with van der Waals surface area (Å²) >= 11 is 1.76. The zero-order valence-electron chi connectivity index (χ0n) is 22.5. The van der Waals surface area contributed by atoms with Gasteiger partial charge in [0, 0.05) is 33.6 Å². The molecule has 2 heterocycles. The van der Waals surface area contributed by atoms with Crippen LogP contribution < -0.4 is 0 Å². The highest BCUT2D eigenvalue weighted by atomic mass is 32.1. The van der Waals surface area contributed by atoms with Crippen molar-refractivity contribution < 1.29 is 4.42 Å². The molecular weight excluding hydrogens is 531 g/mol. The first kappa shape index (κ1) is 22.7. The maximum atomic E-state index is 6.34. The van der Waals surface area contributed by atoms with Gasteiger partial charge in [0.05, 0.1) is 10.2 Å². The molecule has 0 saturated heterocycles. The van der Waals surface area contributed by atoms with E-state index in [2.05, 4.69) is 121 Å². The van der Waals surface area contributed by atoms with Crippen LogP contribution in [0.4, 0.5) is 0 Å². The lowest BCUT2D eigenvalue weighted by atomic mass is 9.82. The van der Waals surface area contributed by atoms with Crippen molar-refractivity contribution >= 4 is 70.6 Å². The van der Waals surface area contributed by atoms with Gasteiger partial charge in [0.25, 0.3) is 0 Å². The monoisotopic (exact) mass is 553 g/mol. The molecule has 10 rings (SSSR count). The van der Waals surface area contributed by atoms with Gasteiger partial charge in [0.2, 0.25) is 0 Å². The van der Waals surface area contributed by atoms with Crippen molar-refractivity contribution in [3.8, 4) is 10.6 Å². The summed E-state index contributed by atoms with van der Waals surface area (Å²) in [6, 6.07) is 39.3. The van der Waals surface area contributed by atoms with Crippen molar-refractivity contribution in [2.45, 2.75) is 11.8 Å². The van der Waals surface area contributed by atoms with Crippen molar-refractivity contribution in [2.24, 2.45) is 0 Å². The first-order valence-corrected chi connectivity index (χ1v) is 15.3. The Labute approximate surface area is 245 Å². The predicted molar refractivity (Wildman–Crippen MR) is 176 cm³/mol. The summed E-state index contributed by atoms with van der Waals surface area (Å²) < 4.78 is 7.57. The normalized spacial score (nSPS) is 17.6. The summed E-state index contributed by atoms with van der Waals surface area (Å²) in [6.07, 6.45) is 7.18. The molecule has 0 aliphatic heterocycles. The average molecular weight is 554 g/mol. The van der Waals surface area contributed by atoms with Gasteiger partial charge in [-0.2, -0.15) is 0 Å². The lowest BCUT2D eigenvalue weighted by Gasteiger charge is -2.21. The smallest absolute Gasteiger partial charge is 0.136 e. The Kier molecular flexibility index (Phi) is 4.47. The van der Waals surface area contributed by atoms with Gasteiger partial charge in [0.15, 0.2) is 0 Å². The van der Waals surface area contributed by atoms with Crippen LogP contribution in [0.3, 0.4) is 0 Å². The second-order valence-corrected chi connectivity index (χ2v) is 12.5. The zero-order valence-corrected chi connectivity index (χ0v) is 23.4. The van der Waals surface area contributed by atoms with Crippen LogP contribution in [-0.2, 0) is 0 Å². The fraction of sp³-hybridized carbons (Fsp3) is 0.0513. The topological polar surface area (TPSA) is 26.0 Å². The Morgan fingerprint density at radius 3 is 2.36 bits per heavy atom. The van der Waals surface area contributed by atoms with Gasteiger partial charge in [-0.25, -0.2) is 4.98 Å². The van der Waals surface area contributed by atoms with E-state index in [4.69, 9.17) is 9.40 Å². The van der Waals surface area contributed by atoms with E-state index >= 15 is 0 Å². The fourth-order valence-corrected chi connectivity index (χ4v) is 8.33. The molecule has 0 bridgehead atoms. The number of fused-ring (bicyclic) bond motifs is 10. The summed E-state index contributed by atoms with van der Waals surface area (Å²) in [5, 5.41) is 8.64. The summed E-state index contributed by atoms with van der Waals surface area (Å²) in [5.41, 5.74) is 9.50. The molecule has 6 aromatic carbocycles. The number of nitrogens with zero attached hydrogens (tertiary/aromatic N) is 1. The van der Waals surface area contributed by atoms with Crippen LogP contribution >= 0.6 is 11.3 Å². The van der Waals surface area contributed by atoms with Gasteiger partial charge in [-0.3, -0.25) is 0 Å². The van der Waals surface area contributed by atoms with Crippen LogP contribution in [0.1, 0.15) is 28.5 Å². The highest BCUT2D eigenvalue weighted by Crippen LogP contribution is 2.53. The van der Waals surface area contributed by atoms with Crippen molar-refractivity contribution in [1.82, 2.24) is 4.98 Å². The third-order valence-electron chi connectivity index (χ3n) is 9.26. The van der Waals surface area contributed by atoms with E-state index < -0.39 is 0 Å². The maximum absolute atomic E-state index is 6.34. The largest absolute Gasteiger partial charge is 0.456 e. The summed E-state index contributed by atoms with van der Waals surface area (Å²) in [5.74, 6) is 0.641. The van der Waals surface area contributed by atoms with Gasteiger partial charge in [-0.15, -0.1) is 11.3 Å². The Bertz CT molecular complexity index is 2470. The van der Waals surface area contributed by atoms with Crippen molar-refractivity contribution in [1.29, 1.82) is 0 Å². The SMILES string of the molecule is C1=CC2c3cc4oc5ccccc5c4c4cccc(c34)C2C=C1c1ccc(-c2nc3c(ccc4ccccc43)s2)cc1. The number of aromatic nitrogens is 1. The molecule has 3 heteroatoms. The molecule has 2 aromatic heterocycles. The summed E-state index contributed by atoms with van der Waals surface area (Å²) in [4.78, 5) is 5.06. The molecule has 2 atom stereocenters. The predicted octanol–water partition coefficient (Wildman–Crippen LogP) is 11.0. The molecule has 0 fully saturated rings. The molecule has 0 N–H and O–H groups in total. The molecule has 42 heavy (non-hydrogen) atoms. The van der Waals surface area contributed by atoms with Crippen molar-refractivity contribution in [3.63, 3.8) is 0 Å². The number of rotatable bonds is 2. The maximum Gasteiger partial charge on any atom is 0.136 e. The first-order chi connectivity index (χ1) is 20.8. The van der Waals surface area contributed by atoms with Gasteiger partial charge < -0.3 is 4.42 Å². The molecule has 2 aliphatic rings. The average Bonchev–Trinajstić information content (AvgIpc) is 3.74. The Morgan fingerprint density at radius 2 is 1.43 bits per heavy atom. The molecule has 2 nitrogen and oxygen atoms in total. The second kappa shape index (κ2) is 8.28. The standard InChI is InChI=1S/C39H23NOS/c1-2-7-26-23(6-1)17-19-35-38(26)40-39(42-35)24-14-12-22(13-15-24)25-16-18-27-31(20-25)28-9-5-10-30-36(28)32(27)21-34-37(30)29-8-3-4-11-33(29)41-34/h1-21,27,31H. The highest BCUT2D eigenvalue weighted by molar-refractivity contribution is 7.21. The van der Waals surface area contributed by atoms with Crippen LogP contribution in [0, 0.1) is 0 Å². The molecule has 8 aromatic rings. The Morgan fingerprint density at radius 1 is 0.619 bits per heavy atom. The van der Waals surface area contributed by atoms with Crippen LogP contribution in [0.25, 0.3) is 69.8 Å². The quantitative estimate of drug-likeness (QED) is 0.213. The second-order valence-electron chi connectivity index (χ2n) is 11.5. The minimum absolute atomic E-state index is 0.318. The van der Waals surface area contributed by atoms with E-state index in [1.807, 2.05) is 6.07 Å². The number of para-hydroxylation sites is 1. The number of hydrogen-bond acceptors (Lipinski definition) is 3. The van der Waals surface area contributed by atoms with Gasteiger partial charge in [-0.05, 0) is 56.6 Å². The number of furan rings is 1. The van der Waals surface area contributed by atoms with E-state index in [0.717, 1.165) is 27.3 Å². The number of hydrogen-bond donors (Lipinski definition) is 0. The molecule has 0 amide bonds. The number of benzene rings is 6. The summed E-state index contributed by atoms with van der Waals surface area (Å²) in [6.45, 7) is 0. The van der Waals surface area contributed by atoms with E-state index in [-0.39, 0.29) is 0 Å². The van der Waals surface area contributed by atoms with E-state index in [0.29, 0.717) is 11.8 Å². The highest BCUT2D eigenvalue weighted by Gasteiger charge is 2.35. The van der Waals surface area contributed by atoms with Crippen LogP contribution in [0.15, 0.2) is 132 Å². The van der Waals surface area contributed by atoms with Crippen LogP contribution in [-0.4, -0.2) is 4.98 Å². The van der Waals surface area contributed by atoms with Crippen molar-refractivity contribution in [2.75, 3.05) is 0 Å². The Balaban J connectivity index is 1.04. The van der Waals surface area contributed by atoms with Gasteiger partial charge in [0.1, 0.15) is 16.2 Å². The lowest BCUT2D eigenvalue weighted by molar-refractivity contribution is 0.667. The third-order valence-corrected chi connectivity index (χ3v) is 10.3. The fourth-order valence-electron chi connectivity index (χ4n) is 7.34. The molecule has 0 saturated carbocycles. The zero-order chi connectivity index (χ0) is 27.4.